The number of amides is 2. The van der Waals surface area contributed by atoms with E-state index in [1.54, 1.807) is 33.8 Å². The van der Waals surface area contributed by atoms with E-state index in [0.717, 1.165) is 6.42 Å². The van der Waals surface area contributed by atoms with Crippen molar-refractivity contribution in [3.8, 4) is 0 Å². The van der Waals surface area contributed by atoms with Crippen LogP contribution in [0.3, 0.4) is 0 Å². The van der Waals surface area contributed by atoms with Crippen LogP contribution in [-0.4, -0.2) is 50.2 Å². The molecule has 0 heterocycles. The Labute approximate surface area is 156 Å². The molecule has 1 rings (SSSR count). The van der Waals surface area contributed by atoms with Crippen molar-refractivity contribution in [2.24, 2.45) is 0 Å². The minimum absolute atomic E-state index is 0.0695. The first-order chi connectivity index (χ1) is 12.2. The first-order valence-corrected chi connectivity index (χ1v) is 10.3. The zero-order chi connectivity index (χ0) is 19.9. The minimum atomic E-state index is -3.66. The van der Waals surface area contributed by atoms with Gasteiger partial charge < -0.3 is 10.6 Å². The van der Waals surface area contributed by atoms with Crippen molar-refractivity contribution in [2.75, 3.05) is 19.6 Å². The van der Waals surface area contributed by atoms with Gasteiger partial charge in [-0.15, -0.1) is 0 Å². The van der Waals surface area contributed by atoms with E-state index in [9.17, 15) is 18.0 Å². The molecule has 0 spiro atoms. The standard InChI is InChI=1S/C18H29N3O4S/c1-6-11-19-17(22)14(5)20-18(23)16-12-15(10-9-13(16)4)26(24,25)21(7-2)8-3/h9-10,12,14H,6-8,11H2,1-5H3,(H,19,22)(H,20,23)/t14-/m1/s1. The molecule has 1 aromatic carbocycles. The molecular formula is C18H29N3O4S. The van der Waals surface area contributed by atoms with Gasteiger partial charge in [0, 0.05) is 25.2 Å². The van der Waals surface area contributed by atoms with E-state index in [4.69, 9.17) is 0 Å². The summed E-state index contributed by atoms with van der Waals surface area (Å²) in [6.45, 7) is 10.0. The molecule has 2 N–H and O–H groups in total. The molecule has 0 aliphatic heterocycles. The first kappa shape index (κ1) is 22.1. The molecule has 8 heteroatoms. The van der Waals surface area contributed by atoms with E-state index in [2.05, 4.69) is 10.6 Å². The molecule has 0 saturated heterocycles. The third-order valence-electron chi connectivity index (χ3n) is 4.09. The predicted molar refractivity (Wildman–Crippen MR) is 102 cm³/mol. The van der Waals surface area contributed by atoms with E-state index in [1.165, 1.54) is 16.4 Å². The fourth-order valence-electron chi connectivity index (χ4n) is 2.46. The van der Waals surface area contributed by atoms with Gasteiger partial charge in [-0.2, -0.15) is 4.31 Å². The number of sulfonamides is 1. The van der Waals surface area contributed by atoms with Crippen LogP contribution in [0.25, 0.3) is 0 Å². The summed E-state index contributed by atoms with van der Waals surface area (Å²) in [5, 5.41) is 5.34. The van der Waals surface area contributed by atoms with Crippen molar-refractivity contribution in [1.82, 2.24) is 14.9 Å². The third-order valence-corrected chi connectivity index (χ3v) is 6.13. The van der Waals surface area contributed by atoms with Gasteiger partial charge in [-0.25, -0.2) is 8.42 Å². The second-order valence-corrected chi connectivity index (χ2v) is 7.99. The van der Waals surface area contributed by atoms with E-state index in [1.807, 2.05) is 6.92 Å². The number of nitrogens with zero attached hydrogens (tertiary/aromatic N) is 1. The smallest absolute Gasteiger partial charge is 0.252 e. The number of nitrogens with one attached hydrogen (secondary N) is 2. The third kappa shape index (κ3) is 5.28. The van der Waals surface area contributed by atoms with Crippen molar-refractivity contribution in [2.45, 2.75) is 52.0 Å². The second kappa shape index (κ2) is 9.68. The maximum atomic E-state index is 12.7. The molecule has 26 heavy (non-hydrogen) atoms. The van der Waals surface area contributed by atoms with Crippen molar-refractivity contribution in [1.29, 1.82) is 0 Å². The van der Waals surface area contributed by atoms with Gasteiger partial charge in [-0.05, 0) is 38.0 Å². The van der Waals surface area contributed by atoms with Gasteiger partial charge in [0.2, 0.25) is 15.9 Å². The van der Waals surface area contributed by atoms with Crippen molar-refractivity contribution in [3.63, 3.8) is 0 Å². The van der Waals surface area contributed by atoms with Crippen LogP contribution in [0.5, 0.6) is 0 Å². The van der Waals surface area contributed by atoms with E-state index >= 15 is 0 Å². The summed E-state index contributed by atoms with van der Waals surface area (Å²) in [6, 6.07) is 3.76. The Hall–Kier alpha value is -1.93. The molecule has 0 aliphatic carbocycles. The Bertz CT molecular complexity index is 743. The summed E-state index contributed by atoms with van der Waals surface area (Å²) in [5.74, 6) is -0.747. The van der Waals surface area contributed by atoms with Gasteiger partial charge in [-0.1, -0.05) is 26.8 Å². The normalized spacial score (nSPS) is 12.7. The maximum Gasteiger partial charge on any atom is 0.252 e. The molecule has 0 saturated carbocycles. The Balaban J connectivity index is 3.07. The van der Waals surface area contributed by atoms with Gasteiger partial charge >= 0.3 is 0 Å². The maximum absolute atomic E-state index is 12.7. The summed E-state index contributed by atoms with van der Waals surface area (Å²) >= 11 is 0. The molecule has 0 radical (unpaired) electrons. The lowest BCUT2D eigenvalue weighted by Gasteiger charge is -2.20. The molecule has 2 amide bonds. The van der Waals surface area contributed by atoms with Gasteiger partial charge in [0.05, 0.1) is 4.90 Å². The molecule has 0 aliphatic rings. The largest absolute Gasteiger partial charge is 0.354 e. The van der Waals surface area contributed by atoms with Gasteiger partial charge in [0.25, 0.3) is 5.91 Å². The lowest BCUT2D eigenvalue weighted by Crippen LogP contribution is -2.45. The van der Waals surface area contributed by atoms with E-state index in [-0.39, 0.29) is 16.4 Å². The molecule has 0 fully saturated rings. The summed E-state index contributed by atoms with van der Waals surface area (Å²) < 4.78 is 26.7. The summed E-state index contributed by atoms with van der Waals surface area (Å²) in [4.78, 5) is 24.5. The number of benzene rings is 1. The van der Waals surface area contributed by atoms with Crippen LogP contribution in [0.2, 0.25) is 0 Å². The van der Waals surface area contributed by atoms with Crippen LogP contribution < -0.4 is 10.6 Å². The highest BCUT2D eigenvalue weighted by molar-refractivity contribution is 7.89. The summed E-state index contributed by atoms with van der Waals surface area (Å²) in [5.41, 5.74) is 0.885. The van der Waals surface area contributed by atoms with Crippen molar-refractivity contribution in [3.05, 3.63) is 29.3 Å². The summed E-state index contributed by atoms with van der Waals surface area (Å²) in [6.07, 6.45) is 0.802. The topological polar surface area (TPSA) is 95.6 Å². The molecule has 146 valence electrons. The SMILES string of the molecule is CCCNC(=O)[C@@H](C)NC(=O)c1cc(S(=O)(=O)N(CC)CC)ccc1C. The van der Waals surface area contributed by atoms with Crippen LogP contribution in [0, 0.1) is 6.92 Å². The van der Waals surface area contributed by atoms with Gasteiger partial charge in [-0.3, -0.25) is 9.59 Å². The van der Waals surface area contributed by atoms with Crippen LogP contribution in [0.4, 0.5) is 0 Å². The second-order valence-electron chi connectivity index (χ2n) is 6.05. The average molecular weight is 384 g/mol. The molecular weight excluding hydrogens is 354 g/mol. The lowest BCUT2D eigenvalue weighted by molar-refractivity contribution is -0.122. The van der Waals surface area contributed by atoms with Crippen LogP contribution in [-0.2, 0) is 14.8 Å². The molecule has 1 atom stereocenters. The zero-order valence-electron chi connectivity index (χ0n) is 16.1. The predicted octanol–water partition coefficient (Wildman–Crippen LogP) is 1.67. The number of hydrogen-bond acceptors (Lipinski definition) is 4. The quantitative estimate of drug-likeness (QED) is 0.678. The Kier molecular flexibility index (Phi) is 8.23. The average Bonchev–Trinajstić information content (AvgIpc) is 2.60. The van der Waals surface area contributed by atoms with E-state index < -0.39 is 22.0 Å². The number of hydrogen-bond donors (Lipinski definition) is 2. The number of rotatable bonds is 9. The van der Waals surface area contributed by atoms with Crippen LogP contribution in [0.15, 0.2) is 23.1 Å². The molecule has 0 unspecified atom stereocenters. The molecule has 1 aromatic rings. The lowest BCUT2D eigenvalue weighted by atomic mass is 10.1. The highest BCUT2D eigenvalue weighted by Gasteiger charge is 2.24. The van der Waals surface area contributed by atoms with Gasteiger partial charge in [0.15, 0.2) is 0 Å². The number of aryl methyl sites for hydroxylation is 1. The molecule has 0 aromatic heterocycles. The summed E-state index contributed by atoms with van der Waals surface area (Å²) in [7, 11) is -3.66. The highest BCUT2D eigenvalue weighted by atomic mass is 32.2. The van der Waals surface area contributed by atoms with Crippen molar-refractivity contribution < 1.29 is 18.0 Å². The fourth-order valence-corrected chi connectivity index (χ4v) is 3.94. The van der Waals surface area contributed by atoms with Crippen LogP contribution >= 0.6 is 0 Å². The van der Waals surface area contributed by atoms with E-state index in [0.29, 0.717) is 25.2 Å². The first-order valence-electron chi connectivity index (χ1n) is 8.88. The van der Waals surface area contributed by atoms with Crippen molar-refractivity contribution >= 4 is 21.8 Å². The Morgan fingerprint density at radius 3 is 2.31 bits per heavy atom. The zero-order valence-corrected chi connectivity index (χ0v) is 16.9. The van der Waals surface area contributed by atoms with Crippen LogP contribution in [0.1, 0.15) is 50.0 Å². The number of carbonyl (C=O) groups is 2. The Morgan fingerprint density at radius 1 is 1.15 bits per heavy atom. The molecule has 0 bridgehead atoms. The molecule has 7 nitrogen and oxygen atoms in total. The number of carbonyl (C=O) groups excluding carboxylic acids is 2. The monoisotopic (exact) mass is 383 g/mol. The van der Waals surface area contributed by atoms with Gasteiger partial charge in [0.1, 0.15) is 6.04 Å². The highest BCUT2D eigenvalue weighted by Crippen LogP contribution is 2.19. The minimum Gasteiger partial charge on any atom is -0.354 e. The Morgan fingerprint density at radius 2 is 1.77 bits per heavy atom. The fraction of sp³-hybridized carbons (Fsp3) is 0.556.